The van der Waals surface area contributed by atoms with Gasteiger partial charge in [0.2, 0.25) is 5.91 Å². The molecule has 2 rings (SSSR count). The zero-order valence-electron chi connectivity index (χ0n) is 14.3. The molecule has 3 nitrogen and oxygen atoms in total. The Morgan fingerprint density at radius 2 is 1.86 bits per heavy atom. The SMILES string of the molecule is CCCCC1CCC(C(=O)N2CCCC(N(C)C)C2)CC1. The molecule has 122 valence electrons. The first-order chi connectivity index (χ1) is 10.1. The fraction of sp³-hybridized carbons (Fsp3) is 0.944. The maximum absolute atomic E-state index is 12.7. The number of hydrogen-bond donors (Lipinski definition) is 0. The molecule has 2 fully saturated rings. The summed E-state index contributed by atoms with van der Waals surface area (Å²) in [5.74, 6) is 1.67. The van der Waals surface area contributed by atoms with E-state index in [2.05, 4.69) is 30.8 Å². The number of unbranched alkanes of at least 4 members (excludes halogenated alkanes) is 1. The molecule has 0 spiro atoms. The van der Waals surface area contributed by atoms with Crippen LogP contribution in [0.15, 0.2) is 0 Å². The Labute approximate surface area is 131 Å². The molecule has 0 aromatic heterocycles. The Balaban J connectivity index is 1.78. The molecular weight excluding hydrogens is 260 g/mol. The zero-order chi connectivity index (χ0) is 15.2. The lowest BCUT2D eigenvalue weighted by molar-refractivity contribution is -0.138. The molecule has 1 saturated carbocycles. The molecule has 21 heavy (non-hydrogen) atoms. The topological polar surface area (TPSA) is 23.6 Å². The van der Waals surface area contributed by atoms with Gasteiger partial charge in [-0.15, -0.1) is 0 Å². The van der Waals surface area contributed by atoms with Crippen molar-refractivity contribution in [3.05, 3.63) is 0 Å². The summed E-state index contributed by atoms with van der Waals surface area (Å²) < 4.78 is 0. The van der Waals surface area contributed by atoms with Crippen molar-refractivity contribution in [3.8, 4) is 0 Å². The van der Waals surface area contributed by atoms with Crippen LogP contribution in [0.4, 0.5) is 0 Å². The molecule has 1 saturated heterocycles. The van der Waals surface area contributed by atoms with E-state index >= 15 is 0 Å². The van der Waals surface area contributed by atoms with Gasteiger partial charge in [-0.05, 0) is 58.5 Å². The van der Waals surface area contributed by atoms with Crippen molar-refractivity contribution in [1.29, 1.82) is 0 Å². The highest BCUT2D eigenvalue weighted by Gasteiger charge is 2.32. The number of carbonyl (C=O) groups is 1. The molecule has 0 aromatic carbocycles. The van der Waals surface area contributed by atoms with Crippen LogP contribution in [-0.2, 0) is 4.79 Å². The van der Waals surface area contributed by atoms with E-state index in [1.165, 1.54) is 44.9 Å². The Hall–Kier alpha value is -0.570. The van der Waals surface area contributed by atoms with Gasteiger partial charge in [-0.2, -0.15) is 0 Å². The highest BCUT2D eigenvalue weighted by Crippen LogP contribution is 2.33. The van der Waals surface area contributed by atoms with Crippen LogP contribution in [-0.4, -0.2) is 48.9 Å². The second-order valence-electron chi connectivity index (χ2n) is 7.40. The first-order valence-electron chi connectivity index (χ1n) is 9.07. The third kappa shape index (κ3) is 4.70. The normalized spacial score (nSPS) is 30.7. The summed E-state index contributed by atoms with van der Waals surface area (Å²) in [6.07, 6.45) is 11.3. The highest BCUT2D eigenvalue weighted by atomic mass is 16.2. The lowest BCUT2D eigenvalue weighted by atomic mass is 9.79. The maximum Gasteiger partial charge on any atom is 0.225 e. The quantitative estimate of drug-likeness (QED) is 0.774. The average molecular weight is 294 g/mol. The molecule has 0 radical (unpaired) electrons. The molecule has 0 N–H and O–H groups in total. The summed E-state index contributed by atoms with van der Waals surface area (Å²) in [6, 6.07) is 0.559. The van der Waals surface area contributed by atoms with Crippen molar-refractivity contribution in [2.24, 2.45) is 11.8 Å². The van der Waals surface area contributed by atoms with Gasteiger partial charge >= 0.3 is 0 Å². The Morgan fingerprint density at radius 1 is 1.14 bits per heavy atom. The minimum absolute atomic E-state index is 0.323. The van der Waals surface area contributed by atoms with Crippen LogP contribution in [0, 0.1) is 11.8 Å². The van der Waals surface area contributed by atoms with Crippen molar-refractivity contribution in [3.63, 3.8) is 0 Å². The predicted octanol–water partition coefficient (Wildman–Crippen LogP) is 3.54. The number of likely N-dealkylation sites (tertiary alicyclic amines) is 1. The predicted molar refractivity (Wildman–Crippen MR) is 88.3 cm³/mol. The standard InChI is InChI=1S/C18H34N2O/c1-4-5-7-15-9-11-16(12-10-15)18(21)20-13-6-8-17(14-20)19(2)3/h15-17H,4-14H2,1-3H3. The van der Waals surface area contributed by atoms with Gasteiger partial charge in [-0.1, -0.05) is 26.2 Å². The first-order valence-corrected chi connectivity index (χ1v) is 9.07. The van der Waals surface area contributed by atoms with Crippen LogP contribution in [0.5, 0.6) is 0 Å². The molecule has 2 aliphatic rings. The van der Waals surface area contributed by atoms with Crippen LogP contribution in [0.25, 0.3) is 0 Å². The molecule has 1 heterocycles. The summed E-state index contributed by atoms with van der Waals surface area (Å²) in [4.78, 5) is 17.2. The molecule has 0 bridgehead atoms. The number of amides is 1. The van der Waals surface area contributed by atoms with Crippen LogP contribution in [0.2, 0.25) is 0 Å². The number of likely N-dealkylation sites (N-methyl/N-ethyl adjacent to an activating group) is 1. The van der Waals surface area contributed by atoms with E-state index in [9.17, 15) is 4.79 Å². The maximum atomic E-state index is 12.7. The van der Waals surface area contributed by atoms with Gasteiger partial charge in [0.1, 0.15) is 0 Å². The van der Waals surface area contributed by atoms with Gasteiger partial charge in [-0.25, -0.2) is 0 Å². The number of rotatable bonds is 5. The Kier molecular flexibility index (Phi) is 6.53. The van der Waals surface area contributed by atoms with E-state index in [1.807, 2.05) is 0 Å². The zero-order valence-corrected chi connectivity index (χ0v) is 14.3. The molecule has 1 amide bonds. The second-order valence-corrected chi connectivity index (χ2v) is 7.40. The molecule has 1 aliphatic carbocycles. The molecule has 1 unspecified atom stereocenters. The number of piperidine rings is 1. The molecule has 1 aliphatic heterocycles. The smallest absolute Gasteiger partial charge is 0.225 e. The summed E-state index contributed by atoms with van der Waals surface area (Å²) in [5.41, 5.74) is 0. The Bertz CT molecular complexity index is 321. The average Bonchev–Trinajstić information content (AvgIpc) is 2.53. The monoisotopic (exact) mass is 294 g/mol. The molecule has 1 atom stereocenters. The minimum Gasteiger partial charge on any atom is -0.341 e. The largest absolute Gasteiger partial charge is 0.341 e. The number of hydrogen-bond acceptors (Lipinski definition) is 2. The summed E-state index contributed by atoms with van der Waals surface area (Å²) in [5, 5.41) is 0. The molecular formula is C18H34N2O. The third-order valence-electron chi connectivity index (χ3n) is 5.60. The molecule has 0 aromatic rings. The summed E-state index contributed by atoms with van der Waals surface area (Å²) in [7, 11) is 4.27. The van der Waals surface area contributed by atoms with Crippen molar-refractivity contribution in [2.45, 2.75) is 70.8 Å². The first kappa shape index (κ1) is 16.8. The van der Waals surface area contributed by atoms with E-state index < -0.39 is 0 Å². The Morgan fingerprint density at radius 3 is 2.48 bits per heavy atom. The lowest BCUT2D eigenvalue weighted by Crippen LogP contribution is -2.49. The fourth-order valence-corrected chi connectivity index (χ4v) is 4.03. The van der Waals surface area contributed by atoms with Gasteiger partial charge < -0.3 is 9.80 Å². The highest BCUT2D eigenvalue weighted by molar-refractivity contribution is 5.79. The van der Waals surface area contributed by atoms with Crippen LogP contribution >= 0.6 is 0 Å². The molecule has 3 heteroatoms. The number of nitrogens with zero attached hydrogens (tertiary/aromatic N) is 2. The van der Waals surface area contributed by atoms with Crippen molar-refractivity contribution in [1.82, 2.24) is 9.80 Å². The van der Waals surface area contributed by atoms with Gasteiger partial charge in [-0.3, -0.25) is 4.79 Å². The third-order valence-corrected chi connectivity index (χ3v) is 5.60. The van der Waals surface area contributed by atoms with Gasteiger partial charge in [0.25, 0.3) is 0 Å². The van der Waals surface area contributed by atoms with Crippen LogP contribution in [0.1, 0.15) is 64.7 Å². The lowest BCUT2D eigenvalue weighted by Gasteiger charge is -2.39. The van der Waals surface area contributed by atoms with Crippen molar-refractivity contribution >= 4 is 5.91 Å². The number of carbonyl (C=O) groups excluding carboxylic acids is 1. The van der Waals surface area contributed by atoms with E-state index in [0.29, 0.717) is 17.9 Å². The van der Waals surface area contributed by atoms with E-state index in [0.717, 1.165) is 31.8 Å². The van der Waals surface area contributed by atoms with Crippen LogP contribution < -0.4 is 0 Å². The summed E-state index contributed by atoms with van der Waals surface area (Å²) >= 11 is 0. The van der Waals surface area contributed by atoms with Gasteiger partial charge in [0, 0.05) is 25.0 Å². The fourth-order valence-electron chi connectivity index (χ4n) is 4.03. The van der Waals surface area contributed by atoms with Gasteiger partial charge in [0.05, 0.1) is 0 Å². The van der Waals surface area contributed by atoms with E-state index in [4.69, 9.17) is 0 Å². The van der Waals surface area contributed by atoms with Crippen molar-refractivity contribution < 1.29 is 4.79 Å². The van der Waals surface area contributed by atoms with Gasteiger partial charge in [0.15, 0.2) is 0 Å². The van der Waals surface area contributed by atoms with Crippen molar-refractivity contribution in [2.75, 3.05) is 27.2 Å². The minimum atomic E-state index is 0.323. The van der Waals surface area contributed by atoms with E-state index in [1.54, 1.807) is 0 Å². The van der Waals surface area contributed by atoms with Crippen LogP contribution in [0.3, 0.4) is 0 Å². The summed E-state index contributed by atoms with van der Waals surface area (Å²) in [6.45, 7) is 4.20. The second kappa shape index (κ2) is 8.17. The van der Waals surface area contributed by atoms with E-state index in [-0.39, 0.29) is 0 Å².